The van der Waals surface area contributed by atoms with E-state index < -0.39 is 28.7 Å². The highest BCUT2D eigenvalue weighted by Gasteiger charge is 2.26. The molecule has 0 unspecified atom stereocenters. The largest absolute Gasteiger partial charge is 0.477 e. The fourth-order valence-corrected chi connectivity index (χ4v) is 3.10. The van der Waals surface area contributed by atoms with Crippen LogP contribution in [0.15, 0.2) is 16.9 Å². The van der Waals surface area contributed by atoms with Gasteiger partial charge in [-0.15, -0.1) is 0 Å². The lowest BCUT2D eigenvalue weighted by atomic mass is 10.1. The number of hydrogen-bond acceptors (Lipinski definition) is 5. The summed E-state index contributed by atoms with van der Waals surface area (Å²) in [6, 6.07) is 1.81. The summed E-state index contributed by atoms with van der Waals surface area (Å²) >= 11 is 0. The summed E-state index contributed by atoms with van der Waals surface area (Å²) in [5, 5.41) is 9.05. The molecular weight excluding hydrogens is 334 g/mol. The second-order valence-corrected chi connectivity index (χ2v) is 5.97. The van der Waals surface area contributed by atoms with Crippen LogP contribution < -0.4 is 15.8 Å². The summed E-state index contributed by atoms with van der Waals surface area (Å²) in [5.74, 6) is -3.18. The van der Waals surface area contributed by atoms with E-state index >= 15 is 4.39 Å². The van der Waals surface area contributed by atoms with Crippen molar-refractivity contribution in [1.82, 2.24) is 9.58 Å². The number of benzene rings is 1. The third-order valence-electron chi connectivity index (χ3n) is 4.43. The van der Waals surface area contributed by atoms with Crippen LogP contribution >= 0.6 is 0 Å². The number of carbonyl (C=O) groups is 1. The van der Waals surface area contributed by atoms with Gasteiger partial charge in [0, 0.05) is 39.3 Å². The lowest BCUT2D eigenvalue weighted by molar-refractivity contribution is 0.0686. The molecule has 0 radical (unpaired) electrons. The molecular formula is C16H18F2N4O3. The van der Waals surface area contributed by atoms with Gasteiger partial charge in [-0.1, -0.05) is 0 Å². The Balaban J connectivity index is 2.30. The van der Waals surface area contributed by atoms with Crippen LogP contribution in [0.1, 0.15) is 10.5 Å². The summed E-state index contributed by atoms with van der Waals surface area (Å²) in [6.45, 7) is 2.15. The summed E-state index contributed by atoms with van der Waals surface area (Å²) in [4.78, 5) is 27.1. The van der Waals surface area contributed by atoms with Crippen LogP contribution in [0, 0.1) is 11.6 Å². The van der Waals surface area contributed by atoms with Crippen molar-refractivity contribution in [2.75, 3.05) is 50.6 Å². The van der Waals surface area contributed by atoms with Crippen LogP contribution in [0.3, 0.4) is 0 Å². The number of carboxylic acid groups (broad SMARTS) is 1. The standard InChI is InChI=1S/C16H18F2N4O3/c1-19-22-11(16(24)25)8-12(23)9-7-10(17)15(13(18)14(9)22)21-5-3-20(2)4-6-21/h7-8,19H,3-6H2,1-2H3,(H,24,25). The van der Waals surface area contributed by atoms with E-state index in [1.54, 1.807) is 4.90 Å². The summed E-state index contributed by atoms with van der Waals surface area (Å²) < 4.78 is 30.7. The molecule has 1 saturated heterocycles. The molecule has 1 aliphatic heterocycles. The molecule has 0 saturated carbocycles. The van der Waals surface area contributed by atoms with Crippen molar-refractivity contribution in [2.45, 2.75) is 0 Å². The first-order chi connectivity index (χ1) is 11.8. The number of anilines is 1. The number of aromatic carboxylic acids is 1. The van der Waals surface area contributed by atoms with E-state index in [0.717, 1.165) is 16.8 Å². The number of piperazine rings is 1. The van der Waals surface area contributed by atoms with Gasteiger partial charge in [-0.05, 0) is 13.1 Å². The average Bonchev–Trinajstić information content (AvgIpc) is 2.57. The number of hydrogen-bond donors (Lipinski definition) is 2. The molecule has 9 heteroatoms. The molecule has 0 amide bonds. The molecule has 0 bridgehead atoms. The number of halogens is 2. The van der Waals surface area contributed by atoms with Gasteiger partial charge in [0.2, 0.25) is 0 Å². The van der Waals surface area contributed by atoms with E-state index in [-0.39, 0.29) is 16.6 Å². The lowest BCUT2D eigenvalue weighted by Gasteiger charge is -2.34. The SMILES string of the molecule is CNn1c(C(=O)O)cc(=O)c2cc(F)c(N3CCN(C)CC3)c(F)c21. The Morgan fingerprint density at radius 2 is 1.84 bits per heavy atom. The minimum absolute atomic E-state index is 0.216. The molecule has 1 aromatic heterocycles. The lowest BCUT2D eigenvalue weighted by Crippen LogP contribution is -2.45. The highest BCUT2D eigenvalue weighted by molar-refractivity contribution is 5.92. The molecule has 1 aliphatic rings. The van der Waals surface area contributed by atoms with Crippen LogP contribution in [0.4, 0.5) is 14.5 Å². The number of rotatable bonds is 3. The van der Waals surface area contributed by atoms with Gasteiger partial charge >= 0.3 is 5.97 Å². The van der Waals surface area contributed by atoms with E-state index in [9.17, 15) is 19.1 Å². The highest BCUT2D eigenvalue weighted by Crippen LogP contribution is 2.30. The molecule has 0 aliphatic carbocycles. The molecule has 2 N–H and O–H groups in total. The second kappa shape index (κ2) is 6.32. The Morgan fingerprint density at radius 1 is 1.20 bits per heavy atom. The maximum Gasteiger partial charge on any atom is 0.354 e. The van der Waals surface area contributed by atoms with Gasteiger partial charge in [-0.3, -0.25) is 4.79 Å². The first-order valence-corrected chi connectivity index (χ1v) is 7.77. The molecule has 0 spiro atoms. The number of fused-ring (bicyclic) bond motifs is 1. The van der Waals surface area contributed by atoms with Crippen LogP contribution in [0.5, 0.6) is 0 Å². The van der Waals surface area contributed by atoms with Gasteiger partial charge < -0.3 is 20.3 Å². The molecule has 7 nitrogen and oxygen atoms in total. The Hall–Kier alpha value is -2.68. The van der Waals surface area contributed by atoms with E-state index in [1.165, 1.54) is 7.05 Å². The average molecular weight is 352 g/mol. The number of carboxylic acids is 1. The van der Waals surface area contributed by atoms with Crippen LogP contribution in [-0.2, 0) is 0 Å². The molecule has 134 valence electrons. The minimum Gasteiger partial charge on any atom is -0.477 e. The number of aromatic nitrogens is 1. The van der Waals surface area contributed by atoms with Gasteiger partial charge in [0.15, 0.2) is 16.9 Å². The van der Waals surface area contributed by atoms with E-state index in [4.69, 9.17) is 0 Å². The van der Waals surface area contributed by atoms with Crippen molar-refractivity contribution in [1.29, 1.82) is 0 Å². The number of likely N-dealkylation sites (N-methyl/N-ethyl adjacent to an activating group) is 1. The number of pyridine rings is 1. The molecule has 0 atom stereocenters. The zero-order valence-corrected chi connectivity index (χ0v) is 13.8. The first kappa shape index (κ1) is 17.2. The third kappa shape index (κ3) is 2.80. The summed E-state index contributed by atoms with van der Waals surface area (Å²) in [5.41, 5.74) is 0.863. The maximum absolute atomic E-state index is 15.2. The quantitative estimate of drug-likeness (QED) is 0.855. The van der Waals surface area contributed by atoms with Crippen molar-refractivity contribution >= 4 is 22.6 Å². The van der Waals surface area contributed by atoms with E-state index in [2.05, 4.69) is 5.43 Å². The zero-order chi connectivity index (χ0) is 18.3. The normalized spacial score (nSPS) is 15.6. The maximum atomic E-state index is 15.2. The van der Waals surface area contributed by atoms with Crippen LogP contribution in [-0.4, -0.2) is 60.9 Å². The second-order valence-electron chi connectivity index (χ2n) is 5.97. The van der Waals surface area contributed by atoms with E-state index in [0.29, 0.717) is 26.2 Å². The third-order valence-corrected chi connectivity index (χ3v) is 4.43. The Labute approximate surface area is 142 Å². The van der Waals surface area contributed by atoms with Gasteiger partial charge in [0.05, 0.1) is 5.39 Å². The van der Waals surface area contributed by atoms with Crippen molar-refractivity contribution in [3.8, 4) is 0 Å². The van der Waals surface area contributed by atoms with Gasteiger partial charge in [0.1, 0.15) is 17.0 Å². The number of nitrogens with zero attached hydrogens (tertiary/aromatic N) is 3. The fraction of sp³-hybridized carbons (Fsp3) is 0.375. The van der Waals surface area contributed by atoms with Crippen molar-refractivity contribution in [3.05, 3.63) is 39.7 Å². The van der Waals surface area contributed by atoms with Crippen molar-refractivity contribution in [2.24, 2.45) is 0 Å². The Kier molecular flexibility index (Phi) is 4.34. The molecule has 2 aromatic rings. The summed E-state index contributed by atoms with van der Waals surface area (Å²) in [6.07, 6.45) is 0. The van der Waals surface area contributed by atoms with E-state index in [1.807, 2.05) is 11.9 Å². The van der Waals surface area contributed by atoms with Crippen LogP contribution in [0.2, 0.25) is 0 Å². The predicted molar refractivity (Wildman–Crippen MR) is 90.1 cm³/mol. The number of nitrogens with one attached hydrogen (secondary N) is 1. The Morgan fingerprint density at radius 3 is 2.40 bits per heavy atom. The van der Waals surface area contributed by atoms with Gasteiger partial charge in [-0.25, -0.2) is 18.3 Å². The smallest absolute Gasteiger partial charge is 0.354 e. The highest BCUT2D eigenvalue weighted by atomic mass is 19.1. The van der Waals surface area contributed by atoms with Crippen molar-refractivity contribution < 1.29 is 18.7 Å². The molecule has 25 heavy (non-hydrogen) atoms. The monoisotopic (exact) mass is 352 g/mol. The first-order valence-electron chi connectivity index (χ1n) is 7.77. The van der Waals surface area contributed by atoms with Crippen molar-refractivity contribution in [3.63, 3.8) is 0 Å². The fourth-order valence-electron chi connectivity index (χ4n) is 3.10. The molecule has 1 aromatic carbocycles. The molecule has 1 fully saturated rings. The molecule has 3 rings (SSSR count). The van der Waals surface area contributed by atoms with Gasteiger partial charge in [0.25, 0.3) is 0 Å². The topological polar surface area (TPSA) is 77.8 Å². The zero-order valence-electron chi connectivity index (χ0n) is 13.8. The predicted octanol–water partition coefficient (Wildman–Crippen LogP) is 0.903. The Bertz CT molecular complexity index is 905. The van der Waals surface area contributed by atoms with Gasteiger partial charge in [-0.2, -0.15) is 0 Å². The molecule has 2 heterocycles. The minimum atomic E-state index is -1.39. The summed E-state index contributed by atoms with van der Waals surface area (Å²) in [7, 11) is 3.32. The van der Waals surface area contributed by atoms with Crippen LogP contribution in [0.25, 0.3) is 10.9 Å².